The van der Waals surface area contributed by atoms with Crippen molar-refractivity contribution in [1.29, 1.82) is 0 Å². The Kier molecular flexibility index (Phi) is 6.92. The van der Waals surface area contributed by atoms with Crippen molar-refractivity contribution < 1.29 is 13.6 Å². The molecule has 1 aromatic carbocycles. The van der Waals surface area contributed by atoms with Crippen LogP contribution in [0, 0.1) is 11.6 Å². The summed E-state index contributed by atoms with van der Waals surface area (Å²) < 4.78 is 27.8. The van der Waals surface area contributed by atoms with Crippen LogP contribution in [0.25, 0.3) is 17.1 Å². The molecule has 0 saturated heterocycles. The summed E-state index contributed by atoms with van der Waals surface area (Å²) in [4.78, 5) is 19.9. The van der Waals surface area contributed by atoms with Gasteiger partial charge in [0, 0.05) is 0 Å². The maximum Gasteiger partial charge on any atom is 0.261 e. The van der Waals surface area contributed by atoms with Crippen LogP contribution in [0.5, 0.6) is 0 Å². The molecule has 6 nitrogen and oxygen atoms in total. The number of nitrogens with zero attached hydrogens (tertiary/aromatic N) is 2. The fourth-order valence-electron chi connectivity index (χ4n) is 2.94. The van der Waals surface area contributed by atoms with Gasteiger partial charge in [0.05, 0.1) is 23.8 Å². The van der Waals surface area contributed by atoms with Crippen molar-refractivity contribution in [3.05, 3.63) is 83.4 Å². The molecule has 8 heteroatoms. The molecule has 0 fully saturated rings. The van der Waals surface area contributed by atoms with Crippen molar-refractivity contribution >= 4 is 17.2 Å². The minimum atomic E-state index is -0.944. The quantitative estimate of drug-likeness (QED) is 0.430. The predicted molar refractivity (Wildman–Crippen MR) is 117 cm³/mol. The minimum absolute atomic E-state index is 0.247. The summed E-state index contributed by atoms with van der Waals surface area (Å²) in [5.74, 6) is -2.37. The Labute approximate surface area is 178 Å². The first-order valence-corrected chi connectivity index (χ1v) is 9.79. The molecule has 0 aliphatic rings. The number of imidazole rings is 1. The van der Waals surface area contributed by atoms with E-state index in [4.69, 9.17) is 0 Å². The van der Waals surface area contributed by atoms with Gasteiger partial charge in [0.15, 0.2) is 5.82 Å². The summed E-state index contributed by atoms with van der Waals surface area (Å²) in [5, 5.41) is 9.15. The van der Waals surface area contributed by atoms with Crippen LogP contribution >= 0.6 is 0 Å². The Bertz CT molecular complexity index is 1150. The number of allylic oxidation sites excluding steroid dienone is 6. The van der Waals surface area contributed by atoms with Crippen LogP contribution in [0.3, 0.4) is 0 Å². The molecule has 0 spiro atoms. The molecule has 3 rings (SSSR count). The lowest BCUT2D eigenvalue weighted by Crippen LogP contribution is -2.16. The van der Waals surface area contributed by atoms with Crippen LogP contribution in [0.4, 0.5) is 14.5 Å². The second-order valence-corrected chi connectivity index (χ2v) is 6.80. The average Bonchev–Trinajstić information content (AvgIpc) is 3.40. The fourth-order valence-corrected chi connectivity index (χ4v) is 2.94. The van der Waals surface area contributed by atoms with Crippen molar-refractivity contribution in [3.8, 4) is 11.5 Å². The van der Waals surface area contributed by atoms with Crippen molar-refractivity contribution in [2.24, 2.45) is 0 Å². The molecular weight excluding hydrogens is 400 g/mol. The molecule has 3 aromatic rings. The second kappa shape index (κ2) is 9.80. The first-order valence-electron chi connectivity index (χ1n) is 9.79. The summed E-state index contributed by atoms with van der Waals surface area (Å²) in [7, 11) is 0. The number of aromatic amines is 2. The van der Waals surface area contributed by atoms with Gasteiger partial charge in [-0.15, -0.1) is 0 Å². The molecule has 0 aliphatic heterocycles. The third kappa shape index (κ3) is 5.03. The molecule has 0 bridgehead atoms. The average molecular weight is 423 g/mol. The van der Waals surface area contributed by atoms with E-state index >= 15 is 0 Å². The minimum Gasteiger partial charge on any atom is -0.337 e. The van der Waals surface area contributed by atoms with Gasteiger partial charge in [-0.05, 0) is 43.5 Å². The van der Waals surface area contributed by atoms with E-state index in [0.29, 0.717) is 11.5 Å². The highest BCUT2D eigenvalue weighted by Gasteiger charge is 2.20. The number of hydrogen-bond acceptors (Lipinski definition) is 3. The third-order valence-corrected chi connectivity index (χ3v) is 4.65. The molecule has 0 aliphatic carbocycles. The number of aromatic nitrogens is 4. The lowest BCUT2D eigenvalue weighted by molar-refractivity contribution is 0.101. The molecule has 0 radical (unpaired) electrons. The van der Waals surface area contributed by atoms with Crippen molar-refractivity contribution in [1.82, 2.24) is 20.2 Å². The Morgan fingerprint density at radius 3 is 2.61 bits per heavy atom. The molecular formula is C23H23F2N5O. The smallest absolute Gasteiger partial charge is 0.261 e. The number of rotatable bonds is 7. The topological polar surface area (TPSA) is 86.5 Å². The van der Waals surface area contributed by atoms with Crippen LogP contribution in [-0.2, 0) is 0 Å². The number of carbonyl (C=O) groups is 1. The van der Waals surface area contributed by atoms with Gasteiger partial charge in [-0.25, -0.2) is 13.8 Å². The first-order chi connectivity index (χ1) is 14.9. The van der Waals surface area contributed by atoms with E-state index in [1.165, 1.54) is 17.8 Å². The van der Waals surface area contributed by atoms with Gasteiger partial charge in [-0.2, -0.15) is 5.10 Å². The van der Waals surface area contributed by atoms with E-state index in [0.717, 1.165) is 29.8 Å². The predicted octanol–water partition coefficient (Wildman–Crippen LogP) is 5.65. The molecule has 0 unspecified atom stereocenters. The molecule has 0 atom stereocenters. The summed E-state index contributed by atoms with van der Waals surface area (Å²) in [6.45, 7) is 6.01. The Morgan fingerprint density at radius 2 is 1.94 bits per heavy atom. The first kappa shape index (κ1) is 21.9. The summed E-state index contributed by atoms with van der Waals surface area (Å²) >= 11 is 0. The van der Waals surface area contributed by atoms with Gasteiger partial charge in [0.2, 0.25) is 0 Å². The number of H-pyrrole nitrogens is 2. The SMILES string of the molecule is C\C=C/C(=C/C=C(\C)c1cnc(-c2[nH]ncc2NC(=O)c2c(F)cccc2F)[nH]1)CC. The molecule has 31 heavy (non-hydrogen) atoms. The van der Waals surface area contributed by atoms with Crippen molar-refractivity contribution in [2.45, 2.75) is 27.2 Å². The lowest BCUT2D eigenvalue weighted by Gasteiger charge is -2.06. The van der Waals surface area contributed by atoms with E-state index in [1.807, 2.05) is 32.1 Å². The molecule has 0 saturated carbocycles. The summed E-state index contributed by atoms with van der Waals surface area (Å²) in [6.07, 6.45) is 12.0. The van der Waals surface area contributed by atoms with Crippen LogP contribution in [0.2, 0.25) is 0 Å². The van der Waals surface area contributed by atoms with Crippen molar-refractivity contribution in [2.75, 3.05) is 5.32 Å². The van der Waals surface area contributed by atoms with Gasteiger partial charge < -0.3 is 10.3 Å². The van der Waals surface area contributed by atoms with E-state index in [-0.39, 0.29) is 5.69 Å². The van der Waals surface area contributed by atoms with Gasteiger partial charge in [-0.3, -0.25) is 9.89 Å². The molecule has 2 aromatic heterocycles. The van der Waals surface area contributed by atoms with Crippen LogP contribution in [0.15, 0.2) is 60.5 Å². The van der Waals surface area contributed by atoms with E-state index in [2.05, 4.69) is 38.5 Å². The number of halogens is 2. The van der Waals surface area contributed by atoms with E-state index in [9.17, 15) is 13.6 Å². The van der Waals surface area contributed by atoms with Gasteiger partial charge in [-0.1, -0.05) is 37.3 Å². The highest BCUT2D eigenvalue weighted by molar-refractivity contribution is 6.06. The zero-order chi connectivity index (χ0) is 22.4. The molecule has 160 valence electrons. The Morgan fingerprint density at radius 1 is 1.19 bits per heavy atom. The summed E-state index contributed by atoms with van der Waals surface area (Å²) in [5.41, 5.74) is 2.93. The van der Waals surface area contributed by atoms with Crippen LogP contribution in [-0.4, -0.2) is 26.1 Å². The monoisotopic (exact) mass is 423 g/mol. The zero-order valence-corrected chi connectivity index (χ0v) is 17.5. The molecule has 3 N–H and O–H groups in total. The third-order valence-electron chi connectivity index (χ3n) is 4.65. The van der Waals surface area contributed by atoms with Gasteiger partial charge in [0.25, 0.3) is 5.91 Å². The van der Waals surface area contributed by atoms with Crippen LogP contribution in [0.1, 0.15) is 43.2 Å². The number of amides is 1. The largest absolute Gasteiger partial charge is 0.337 e. The maximum absolute atomic E-state index is 13.9. The molecule has 1 amide bonds. The fraction of sp³-hybridized carbons (Fsp3) is 0.174. The number of carbonyl (C=O) groups excluding carboxylic acids is 1. The molecule has 2 heterocycles. The number of nitrogens with one attached hydrogen (secondary N) is 3. The highest BCUT2D eigenvalue weighted by atomic mass is 19.1. The Hall–Kier alpha value is -3.81. The number of benzene rings is 1. The number of anilines is 1. The Balaban J connectivity index is 1.83. The normalized spacial score (nSPS) is 12.5. The zero-order valence-electron chi connectivity index (χ0n) is 17.5. The summed E-state index contributed by atoms with van der Waals surface area (Å²) in [6, 6.07) is 3.25. The second-order valence-electron chi connectivity index (χ2n) is 6.80. The van der Waals surface area contributed by atoms with Crippen LogP contribution < -0.4 is 5.32 Å². The number of hydrogen-bond donors (Lipinski definition) is 3. The standard InChI is InChI=1S/C23H23F2N5O/c1-4-7-15(5-2)11-10-14(3)18-12-26-22(28-18)21-19(13-27-30-21)29-23(31)20-16(24)8-6-9-17(20)25/h4,6-13H,5H2,1-3H3,(H,26,28)(H,27,30)(H,29,31)/b7-4-,14-10+,15-11+. The van der Waals surface area contributed by atoms with E-state index in [1.54, 1.807) is 6.20 Å². The van der Waals surface area contributed by atoms with Gasteiger partial charge >= 0.3 is 0 Å². The lowest BCUT2D eigenvalue weighted by atomic mass is 10.1. The highest BCUT2D eigenvalue weighted by Crippen LogP contribution is 2.25. The maximum atomic E-state index is 13.9. The van der Waals surface area contributed by atoms with Crippen molar-refractivity contribution in [3.63, 3.8) is 0 Å². The van der Waals surface area contributed by atoms with Gasteiger partial charge in [0.1, 0.15) is 22.9 Å². The van der Waals surface area contributed by atoms with E-state index < -0.39 is 23.1 Å².